The fourth-order valence-electron chi connectivity index (χ4n) is 3.72. The average molecular weight is 361 g/mol. The molecule has 2 aromatic heterocycles. The Morgan fingerprint density at radius 3 is 2.78 bits per heavy atom. The van der Waals surface area contributed by atoms with E-state index in [4.69, 9.17) is 0 Å². The number of benzene rings is 2. The molecule has 1 aliphatic heterocycles. The molecule has 2 aromatic carbocycles. The molecule has 1 amide bonds. The van der Waals surface area contributed by atoms with E-state index in [1.807, 2.05) is 11.0 Å². The summed E-state index contributed by atoms with van der Waals surface area (Å²) >= 11 is 0. The van der Waals surface area contributed by atoms with Crippen LogP contribution >= 0.6 is 0 Å². The van der Waals surface area contributed by atoms with E-state index in [1.54, 1.807) is 30.6 Å². The Labute approximate surface area is 154 Å². The van der Waals surface area contributed by atoms with Crippen LogP contribution in [-0.4, -0.2) is 37.3 Å². The van der Waals surface area contributed by atoms with E-state index in [-0.39, 0.29) is 17.8 Å². The first-order chi connectivity index (χ1) is 13.2. The van der Waals surface area contributed by atoms with Gasteiger partial charge in [-0.1, -0.05) is 0 Å². The zero-order chi connectivity index (χ0) is 18.4. The molecule has 0 saturated carbocycles. The lowest BCUT2D eigenvalue weighted by Crippen LogP contribution is -2.31. The smallest absolute Gasteiger partial charge is 0.254 e. The van der Waals surface area contributed by atoms with Crippen LogP contribution in [0.3, 0.4) is 0 Å². The van der Waals surface area contributed by atoms with Crippen LogP contribution in [0.2, 0.25) is 0 Å². The molecule has 5 rings (SSSR count). The first-order valence-corrected chi connectivity index (χ1v) is 8.86. The normalized spacial score (nSPS) is 17.1. The lowest BCUT2D eigenvalue weighted by Gasteiger charge is -2.23. The predicted molar refractivity (Wildman–Crippen MR) is 98.6 cm³/mol. The van der Waals surface area contributed by atoms with E-state index in [2.05, 4.69) is 19.9 Å². The van der Waals surface area contributed by atoms with Crippen molar-refractivity contribution in [1.82, 2.24) is 24.8 Å². The molecule has 6 nitrogen and oxygen atoms in total. The molecule has 0 radical (unpaired) electrons. The van der Waals surface area contributed by atoms with Crippen molar-refractivity contribution < 1.29 is 9.18 Å². The van der Waals surface area contributed by atoms with Gasteiger partial charge < -0.3 is 9.88 Å². The van der Waals surface area contributed by atoms with Crippen LogP contribution in [-0.2, 0) is 0 Å². The molecule has 1 saturated heterocycles. The summed E-state index contributed by atoms with van der Waals surface area (Å²) in [4.78, 5) is 31.2. The number of imidazole rings is 1. The summed E-state index contributed by atoms with van der Waals surface area (Å²) in [5.41, 5.74) is 3.37. The van der Waals surface area contributed by atoms with E-state index in [0.29, 0.717) is 34.5 Å². The number of amides is 1. The molecule has 7 heteroatoms. The number of carbonyl (C=O) groups is 1. The van der Waals surface area contributed by atoms with Crippen molar-refractivity contribution in [3.8, 4) is 0 Å². The molecular formula is C20H16FN5O. The van der Waals surface area contributed by atoms with Crippen LogP contribution in [0.15, 0.2) is 48.8 Å². The van der Waals surface area contributed by atoms with Gasteiger partial charge in [0.1, 0.15) is 11.6 Å². The van der Waals surface area contributed by atoms with E-state index in [0.717, 1.165) is 18.4 Å². The minimum absolute atomic E-state index is 0.0586. The van der Waals surface area contributed by atoms with Gasteiger partial charge in [0.05, 0.1) is 28.1 Å². The van der Waals surface area contributed by atoms with Crippen LogP contribution in [0.1, 0.15) is 35.1 Å². The summed E-state index contributed by atoms with van der Waals surface area (Å²) in [6, 6.07) is 9.68. The second-order valence-electron chi connectivity index (χ2n) is 6.70. The van der Waals surface area contributed by atoms with Crippen molar-refractivity contribution in [3.63, 3.8) is 0 Å². The number of nitrogens with zero attached hydrogens (tertiary/aromatic N) is 4. The third kappa shape index (κ3) is 2.71. The van der Waals surface area contributed by atoms with E-state index in [9.17, 15) is 9.18 Å². The zero-order valence-electron chi connectivity index (χ0n) is 14.4. The van der Waals surface area contributed by atoms with Gasteiger partial charge >= 0.3 is 0 Å². The summed E-state index contributed by atoms with van der Waals surface area (Å²) in [5, 5.41) is 0. The number of aromatic amines is 1. The molecule has 1 unspecified atom stereocenters. The summed E-state index contributed by atoms with van der Waals surface area (Å²) in [5.74, 6) is 0.327. The molecule has 1 fully saturated rings. The van der Waals surface area contributed by atoms with Crippen molar-refractivity contribution in [2.24, 2.45) is 0 Å². The highest BCUT2D eigenvalue weighted by atomic mass is 19.1. The van der Waals surface area contributed by atoms with Crippen LogP contribution in [0, 0.1) is 5.82 Å². The number of fused-ring (bicyclic) bond motifs is 2. The molecule has 1 aliphatic rings. The summed E-state index contributed by atoms with van der Waals surface area (Å²) in [6.45, 7) is 0.660. The maximum absolute atomic E-state index is 13.5. The van der Waals surface area contributed by atoms with Crippen molar-refractivity contribution in [2.45, 2.75) is 18.9 Å². The van der Waals surface area contributed by atoms with Crippen molar-refractivity contribution in [1.29, 1.82) is 0 Å². The number of aromatic nitrogens is 4. The largest absolute Gasteiger partial charge is 0.340 e. The number of rotatable bonds is 2. The van der Waals surface area contributed by atoms with Gasteiger partial charge in [-0.15, -0.1) is 0 Å². The maximum atomic E-state index is 13.5. The Hall–Kier alpha value is -3.35. The average Bonchev–Trinajstić information content (AvgIpc) is 3.33. The van der Waals surface area contributed by atoms with Crippen LogP contribution in [0.25, 0.3) is 22.1 Å². The number of halogens is 1. The van der Waals surface area contributed by atoms with E-state index < -0.39 is 0 Å². The van der Waals surface area contributed by atoms with Gasteiger partial charge in [-0.3, -0.25) is 14.8 Å². The second-order valence-corrected chi connectivity index (χ2v) is 6.70. The lowest BCUT2D eigenvalue weighted by atomic mass is 10.1. The highest BCUT2D eigenvalue weighted by molar-refractivity contribution is 5.97. The number of hydrogen-bond acceptors (Lipinski definition) is 4. The molecule has 0 spiro atoms. The second kappa shape index (κ2) is 6.12. The van der Waals surface area contributed by atoms with E-state index in [1.165, 1.54) is 12.1 Å². The highest BCUT2D eigenvalue weighted by Gasteiger charge is 2.32. The van der Waals surface area contributed by atoms with E-state index >= 15 is 0 Å². The summed E-state index contributed by atoms with van der Waals surface area (Å²) in [7, 11) is 0. The van der Waals surface area contributed by atoms with Crippen molar-refractivity contribution >= 4 is 28.0 Å². The van der Waals surface area contributed by atoms with Crippen molar-refractivity contribution in [3.05, 3.63) is 66.0 Å². The van der Waals surface area contributed by atoms with Crippen molar-refractivity contribution in [2.75, 3.05) is 6.54 Å². The lowest BCUT2D eigenvalue weighted by molar-refractivity contribution is 0.0730. The standard InChI is InChI=1S/C20H16FN5O/c21-13-4-6-15-17(11-13)25-19(24-15)18-2-1-9-26(18)20(27)12-3-5-14-16(10-12)23-8-7-22-14/h3-8,10-11,18H,1-2,9H2,(H,24,25). The highest BCUT2D eigenvalue weighted by Crippen LogP contribution is 2.33. The third-order valence-electron chi connectivity index (χ3n) is 5.01. The maximum Gasteiger partial charge on any atom is 0.254 e. The summed E-state index contributed by atoms with van der Waals surface area (Å²) < 4.78 is 13.5. The number of likely N-dealkylation sites (tertiary alicyclic amines) is 1. The quantitative estimate of drug-likeness (QED) is 0.592. The van der Waals surface area contributed by atoms with Gasteiger partial charge in [0.15, 0.2) is 0 Å². The monoisotopic (exact) mass is 361 g/mol. The Morgan fingerprint density at radius 1 is 1.07 bits per heavy atom. The fraction of sp³-hybridized carbons (Fsp3) is 0.200. The molecule has 3 heterocycles. The molecule has 0 aliphatic carbocycles. The van der Waals surface area contributed by atoms with Crippen LogP contribution in [0.4, 0.5) is 4.39 Å². The molecule has 0 bridgehead atoms. The van der Waals surface area contributed by atoms with Gasteiger partial charge in [-0.2, -0.15) is 0 Å². The Balaban J connectivity index is 1.49. The van der Waals surface area contributed by atoms with Crippen LogP contribution < -0.4 is 0 Å². The number of hydrogen-bond donors (Lipinski definition) is 1. The third-order valence-corrected chi connectivity index (χ3v) is 5.01. The van der Waals surface area contributed by atoms with Gasteiger partial charge in [0.2, 0.25) is 0 Å². The molecular weight excluding hydrogens is 345 g/mol. The number of nitrogens with one attached hydrogen (secondary N) is 1. The first-order valence-electron chi connectivity index (χ1n) is 8.86. The SMILES string of the molecule is O=C(c1ccc2nccnc2c1)N1CCCC1c1nc2ccc(F)cc2[nH]1. The fourth-order valence-corrected chi connectivity index (χ4v) is 3.72. The zero-order valence-corrected chi connectivity index (χ0v) is 14.4. The Morgan fingerprint density at radius 2 is 1.89 bits per heavy atom. The molecule has 1 N–H and O–H groups in total. The van der Waals surface area contributed by atoms with Crippen LogP contribution in [0.5, 0.6) is 0 Å². The van der Waals surface area contributed by atoms with Gasteiger partial charge in [-0.05, 0) is 49.2 Å². The predicted octanol–water partition coefficient (Wildman–Crippen LogP) is 3.62. The minimum atomic E-state index is -0.311. The Bertz CT molecular complexity index is 1170. The molecule has 27 heavy (non-hydrogen) atoms. The molecule has 1 atom stereocenters. The first kappa shape index (κ1) is 15.9. The van der Waals surface area contributed by atoms with Gasteiger partial charge in [0.25, 0.3) is 5.91 Å². The number of carbonyl (C=O) groups excluding carboxylic acids is 1. The Kier molecular flexibility index (Phi) is 3.60. The van der Waals surface area contributed by atoms with Gasteiger partial charge in [-0.25, -0.2) is 9.37 Å². The number of H-pyrrole nitrogens is 1. The summed E-state index contributed by atoms with van der Waals surface area (Å²) in [6.07, 6.45) is 4.96. The minimum Gasteiger partial charge on any atom is -0.340 e. The van der Waals surface area contributed by atoms with Gasteiger partial charge in [0, 0.05) is 24.5 Å². The molecule has 134 valence electrons. The molecule has 4 aromatic rings. The topological polar surface area (TPSA) is 74.8 Å².